The molecule has 0 aromatic heterocycles. The third-order valence-electron chi connectivity index (χ3n) is 5.29. The molecule has 108 valence electrons. The minimum atomic E-state index is 0.175. The van der Waals surface area contributed by atoms with Crippen molar-refractivity contribution < 1.29 is 0 Å². The quantitative estimate of drug-likeness (QED) is 0.790. The minimum Gasteiger partial charge on any atom is -0.297 e. The van der Waals surface area contributed by atoms with Crippen molar-refractivity contribution in [3.8, 4) is 0 Å². The molecule has 0 N–H and O–H groups in total. The second-order valence-electron chi connectivity index (χ2n) is 6.48. The molecule has 2 bridgehead atoms. The smallest absolute Gasteiger partial charge is 0.0601 e. The molecular weight excluding hydrogens is 256 g/mol. The molecule has 2 aliphatic rings. The zero-order valence-electron chi connectivity index (χ0n) is 12.6. The van der Waals surface area contributed by atoms with Crippen LogP contribution in [0.4, 0.5) is 0 Å². The van der Waals surface area contributed by atoms with Crippen molar-refractivity contribution in [2.24, 2.45) is 0 Å². The molecule has 21 heavy (non-hydrogen) atoms. The summed E-state index contributed by atoms with van der Waals surface area (Å²) in [6, 6.07) is 20.0. The van der Waals surface area contributed by atoms with E-state index in [9.17, 15) is 0 Å². The lowest BCUT2D eigenvalue weighted by atomic mass is 9.86. The molecule has 0 radical (unpaired) electrons. The molecule has 1 unspecified atom stereocenters. The molecule has 2 nitrogen and oxygen atoms in total. The fraction of sp³-hybridized carbons (Fsp3) is 0.368. The predicted molar refractivity (Wildman–Crippen MR) is 85.9 cm³/mol. The molecule has 2 aliphatic heterocycles. The normalized spacial score (nSPS) is 28.7. The Balaban J connectivity index is 1.78. The molecule has 1 fully saturated rings. The highest BCUT2D eigenvalue weighted by Crippen LogP contribution is 2.40. The lowest BCUT2D eigenvalue weighted by Gasteiger charge is -2.41. The van der Waals surface area contributed by atoms with Crippen LogP contribution in [-0.4, -0.2) is 29.9 Å². The van der Waals surface area contributed by atoms with Gasteiger partial charge in [0, 0.05) is 26.2 Å². The van der Waals surface area contributed by atoms with Crippen LogP contribution in [0.1, 0.15) is 23.1 Å². The van der Waals surface area contributed by atoms with Crippen LogP contribution in [0.2, 0.25) is 0 Å². The maximum absolute atomic E-state index is 2.61. The third kappa shape index (κ3) is 2.10. The summed E-state index contributed by atoms with van der Waals surface area (Å²) >= 11 is 0. The van der Waals surface area contributed by atoms with Gasteiger partial charge in [-0.25, -0.2) is 0 Å². The Hall–Kier alpha value is -1.64. The Labute approximate surface area is 127 Å². The molecule has 4 rings (SSSR count). The summed E-state index contributed by atoms with van der Waals surface area (Å²) in [7, 11) is 2.29. The maximum Gasteiger partial charge on any atom is 0.0601 e. The van der Waals surface area contributed by atoms with Crippen molar-refractivity contribution >= 4 is 0 Å². The number of benzene rings is 2. The van der Waals surface area contributed by atoms with Gasteiger partial charge in [-0.15, -0.1) is 0 Å². The molecule has 0 spiro atoms. The van der Waals surface area contributed by atoms with Crippen LogP contribution in [0.3, 0.4) is 0 Å². The Morgan fingerprint density at radius 3 is 2.29 bits per heavy atom. The van der Waals surface area contributed by atoms with Crippen LogP contribution in [0, 0.1) is 0 Å². The maximum atomic E-state index is 2.61. The van der Waals surface area contributed by atoms with E-state index in [1.165, 1.54) is 29.7 Å². The van der Waals surface area contributed by atoms with Gasteiger partial charge in [-0.1, -0.05) is 54.6 Å². The van der Waals surface area contributed by atoms with Gasteiger partial charge in [0.25, 0.3) is 0 Å². The second-order valence-corrected chi connectivity index (χ2v) is 6.48. The molecule has 2 heteroatoms. The molecule has 2 heterocycles. The zero-order valence-corrected chi connectivity index (χ0v) is 12.6. The molecular formula is C19H22N2. The summed E-state index contributed by atoms with van der Waals surface area (Å²) in [5, 5.41) is 0. The average Bonchev–Trinajstić information content (AvgIpc) is 2.96. The molecule has 0 saturated carbocycles. The standard InChI is InChI=1S/C19H22N2/c1-20-13-16-7-5-6-8-17(16)14-21-12-11-19(20,15-21)18-9-3-2-4-10-18/h2-10H,11-15H2,1H3/t19-/m1/s1. The van der Waals surface area contributed by atoms with E-state index in [0.717, 1.165) is 19.6 Å². The SMILES string of the molecule is CN1Cc2ccccc2CN2CC[C@]1(c1ccccc1)C2. The summed E-state index contributed by atoms with van der Waals surface area (Å²) in [5.41, 5.74) is 4.61. The summed E-state index contributed by atoms with van der Waals surface area (Å²) in [6.45, 7) is 4.47. The molecule has 1 saturated heterocycles. The first-order chi connectivity index (χ1) is 10.3. The molecule has 2 aromatic carbocycles. The average molecular weight is 278 g/mol. The van der Waals surface area contributed by atoms with Crippen LogP contribution in [0.25, 0.3) is 0 Å². The van der Waals surface area contributed by atoms with Gasteiger partial charge in [-0.05, 0) is 30.2 Å². The first kappa shape index (κ1) is 13.1. The van der Waals surface area contributed by atoms with E-state index in [4.69, 9.17) is 0 Å². The highest BCUT2D eigenvalue weighted by Gasteiger charge is 2.43. The third-order valence-corrected chi connectivity index (χ3v) is 5.29. The van der Waals surface area contributed by atoms with Crippen molar-refractivity contribution in [1.29, 1.82) is 0 Å². The van der Waals surface area contributed by atoms with E-state index in [1.807, 2.05) is 0 Å². The number of hydrogen-bond acceptors (Lipinski definition) is 2. The predicted octanol–water partition coefficient (Wildman–Crippen LogP) is 3.23. The van der Waals surface area contributed by atoms with Gasteiger partial charge in [0.15, 0.2) is 0 Å². The Bertz CT molecular complexity index is 637. The molecule has 0 aliphatic carbocycles. The Kier molecular flexibility index (Phi) is 3.09. The van der Waals surface area contributed by atoms with Crippen molar-refractivity contribution in [1.82, 2.24) is 9.80 Å². The Morgan fingerprint density at radius 1 is 0.857 bits per heavy atom. The van der Waals surface area contributed by atoms with E-state index >= 15 is 0 Å². The first-order valence-electron chi connectivity index (χ1n) is 7.84. The largest absolute Gasteiger partial charge is 0.297 e. The zero-order chi connectivity index (χ0) is 14.3. The van der Waals surface area contributed by atoms with Crippen molar-refractivity contribution in [3.05, 3.63) is 71.3 Å². The summed E-state index contributed by atoms with van der Waals surface area (Å²) in [6.07, 6.45) is 1.22. The van der Waals surface area contributed by atoms with Gasteiger partial charge in [-0.3, -0.25) is 9.80 Å². The number of hydrogen-bond donors (Lipinski definition) is 0. The lowest BCUT2D eigenvalue weighted by molar-refractivity contribution is 0.105. The van der Waals surface area contributed by atoms with Crippen LogP contribution >= 0.6 is 0 Å². The van der Waals surface area contributed by atoms with E-state index in [0.29, 0.717) is 0 Å². The second kappa shape index (κ2) is 4.97. The van der Waals surface area contributed by atoms with Crippen molar-refractivity contribution in [2.75, 3.05) is 20.1 Å². The molecule has 2 aromatic rings. The first-order valence-corrected chi connectivity index (χ1v) is 7.84. The topological polar surface area (TPSA) is 6.48 Å². The van der Waals surface area contributed by atoms with Gasteiger partial charge in [0.05, 0.1) is 5.54 Å². The van der Waals surface area contributed by atoms with Crippen LogP contribution in [-0.2, 0) is 18.6 Å². The van der Waals surface area contributed by atoms with Crippen LogP contribution < -0.4 is 0 Å². The van der Waals surface area contributed by atoms with Gasteiger partial charge in [0.1, 0.15) is 0 Å². The summed E-state index contributed by atoms with van der Waals surface area (Å²) < 4.78 is 0. The highest BCUT2D eigenvalue weighted by molar-refractivity contribution is 5.32. The highest BCUT2D eigenvalue weighted by atomic mass is 15.3. The van der Waals surface area contributed by atoms with Gasteiger partial charge in [-0.2, -0.15) is 0 Å². The van der Waals surface area contributed by atoms with Crippen molar-refractivity contribution in [3.63, 3.8) is 0 Å². The number of nitrogens with zero attached hydrogens (tertiary/aromatic N) is 2. The number of likely N-dealkylation sites (N-methyl/N-ethyl adjacent to an activating group) is 1. The fourth-order valence-corrected chi connectivity index (χ4v) is 4.04. The lowest BCUT2D eigenvalue weighted by Crippen LogP contribution is -2.46. The van der Waals surface area contributed by atoms with E-state index in [2.05, 4.69) is 71.4 Å². The summed E-state index contributed by atoms with van der Waals surface area (Å²) in [4.78, 5) is 5.18. The van der Waals surface area contributed by atoms with Gasteiger partial charge < -0.3 is 0 Å². The number of fused-ring (bicyclic) bond motifs is 3. The van der Waals surface area contributed by atoms with E-state index < -0.39 is 0 Å². The number of rotatable bonds is 1. The van der Waals surface area contributed by atoms with Gasteiger partial charge >= 0.3 is 0 Å². The molecule has 2 atom stereocenters. The summed E-state index contributed by atoms with van der Waals surface area (Å²) in [5.74, 6) is 0. The Morgan fingerprint density at radius 2 is 1.52 bits per heavy atom. The fourth-order valence-electron chi connectivity index (χ4n) is 4.04. The van der Waals surface area contributed by atoms with Crippen molar-refractivity contribution in [2.45, 2.75) is 25.0 Å². The monoisotopic (exact) mass is 278 g/mol. The van der Waals surface area contributed by atoms with Crippen LogP contribution in [0.15, 0.2) is 54.6 Å². The van der Waals surface area contributed by atoms with Gasteiger partial charge in [0.2, 0.25) is 0 Å². The minimum absolute atomic E-state index is 0.175. The van der Waals surface area contributed by atoms with E-state index in [1.54, 1.807) is 0 Å². The van der Waals surface area contributed by atoms with Crippen LogP contribution in [0.5, 0.6) is 0 Å². The molecule has 0 amide bonds. The van der Waals surface area contributed by atoms with E-state index in [-0.39, 0.29) is 5.54 Å².